The third kappa shape index (κ3) is 1.55. The molecule has 3 aromatic rings. The molecule has 0 saturated carbocycles. The molecule has 78 valence electrons. The van der Waals surface area contributed by atoms with Crippen LogP contribution in [0.2, 0.25) is 0 Å². The predicted molar refractivity (Wildman–Crippen MR) is 63.2 cm³/mol. The van der Waals surface area contributed by atoms with Crippen molar-refractivity contribution in [1.82, 2.24) is 18.7 Å². The highest BCUT2D eigenvalue weighted by Gasteiger charge is 2.04. The first kappa shape index (κ1) is 9.35. The quantitative estimate of drug-likeness (QED) is 0.642. The van der Waals surface area contributed by atoms with E-state index in [4.69, 9.17) is 0 Å². The second-order valence-electron chi connectivity index (χ2n) is 3.55. The second kappa shape index (κ2) is 3.61. The molecule has 3 aromatic heterocycles. The molecule has 0 bridgehead atoms. The molecule has 0 spiro atoms. The van der Waals surface area contributed by atoms with Crippen LogP contribution in [0.5, 0.6) is 0 Å². The Morgan fingerprint density at radius 2 is 2.06 bits per heavy atom. The Hall–Kier alpha value is -1.88. The Morgan fingerprint density at radius 3 is 2.94 bits per heavy atom. The topological polar surface area (TPSA) is 51.6 Å². The van der Waals surface area contributed by atoms with Gasteiger partial charge >= 0.3 is 0 Å². The summed E-state index contributed by atoms with van der Waals surface area (Å²) in [5.41, 5.74) is 4.60. The van der Waals surface area contributed by atoms with Gasteiger partial charge in [-0.25, -0.2) is 4.98 Å². The van der Waals surface area contributed by atoms with Crippen LogP contribution in [-0.4, -0.2) is 18.7 Å². The highest BCUT2D eigenvalue weighted by Crippen LogP contribution is 2.20. The molecule has 5 heteroatoms. The zero-order chi connectivity index (χ0) is 11.0. The van der Waals surface area contributed by atoms with Gasteiger partial charge in [-0.15, -0.1) is 0 Å². The Kier molecular flexibility index (Phi) is 2.11. The molecule has 0 unspecified atom stereocenters. The van der Waals surface area contributed by atoms with Gasteiger partial charge in [0.2, 0.25) is 0 Å². The smallest absolute Gasteiger partial charge is 0.193 e. The number of hydrogen-bond donors (Lipinski definition) is 0. The van der Waals surface area contributed by atoms with Crippen LogP contribution in [0.25, 0.3) is 22.4 Å². The van der Waals surface area contributed by atoms with Crippen LogP contribution in [-0.2, 0) is 0 Å². The molecule has 0 N–H and O–H groups in total. The summed E-state index contributed by atoms with van der Waals surface area (Å²) in [6.45, 7) is 2.04. The van der Waals surface area contributed by atoms with Gasteiger partial charge in [0.05, 0.1) is 17.4 Å². The number of fused-ring (bicyclic) bond motifs is 1. The SMILES string of the molecule is Cc1ccnc(-c2cnc3nsnc3c2)c1. The van der Waals surface area contributed by atoms with Gasteiger partial charge in [-0.05, 0) is 30.7 Å². The highest BCUT2D eigenvalue weighted by atomic mass is 32.1. The lowest BCUT2D eigenvalue weighted by molar-refractivity contribution is 1.27. The molecular weight excluding hydrogens is 220 g/mol. The molecule has 0 aliphatic carbocycles. The Bertz CT molecular complexity index is 647. The van der Waals surface area contributed by atoms with Crippen molar-refractivity contribution in [3.8, 4) is 11.3 Å². The molecule has 0 aromatic carbocycles. The minimum atomic E-state index is 0.696. The van der Waals surface area contributed by atoms with Gasteiger partial charge in [0, 0.05) is 18.0 Å². The normalized spacial score (nSPS) is 10.8. The lowest BCUT2D eigenvalue weighted by atomic mass is 10.1. The Balaban J connectivity index is 2.18. The fourth-order valence-electron chi connectivity index (χ4n) is 1.52. The Labute approximate surface area is 96.3 Å². The molecule has 4 nitrogen and oxygen atoms in total. The maximum absolute atomic E-state index is 4.32. The van der Waals surface area contributed by atoms with Crippen molar-refractivity contribution in [3.05, 3.63) is 36.2 Å². The number of nitrogens with zero attached hydrogens (tertiary/aromatic N) is 4. The standard InChI is InChI=1S/C11H8N4S/c1-7-2-3-12-9(4-7)8-5-10-11(13-6-8)15-16-14-10/h2-6H,1H3. The average Bonchev–Trinajstić information content (AvgIpc) is 2.75. The van der Waals surface area contributed by atoms with E-state index in [2.05, 4.69) is 18.7 Å². The van der Waals surface area contributed by atoms with Crippen LogP contribution >= 0.6 is 11.7 Å². The molecule has 0 aliphatic heterocycles. The fourth-order valence-corrected chi connectivity index (χ4v) is 2.00. The van der Waals surface area contributed by atoms with Crippen molar-refractivity contribution in [2.45, 2.75) is 6.92 Å². The van der Waals surface area contributed by atoms with E-state index in [-0.39, 0.29) is 0 Å². The van der Waals surface area contributed by atoms with Gasteiger partial charge in [0.25, 0.3) is 0 Å². The number of aryl methyl sites for hydroxylation is 1. The Morgan fingerprint density at radius 1 is 1.12 bits per heavy atom. The van der Waals surface area contributed by atoms with Crippen molar-refractivity contribution in [2.24, 2.45) is 0 Å². The van der Waals surface area contributed by atoms with E-state index in [0.717, 1.165) is 16.8 Å². The van der Waals surface area contributed by atoms with Crippen molar-refractivity contribution < 1.29 is 0 Å². The summed E-state index contributed by atoms with van der Waals surface area (Å²) in [6.07, 6.45) is 3.58. The third-order valence-electron chi connectivity index (χ3n) is 2.32. The van der Waals surface area contributed by atoms with Gasteiger partial charge in [-0.3, -0.25) is 4.98 Å². The van der Waals surface area contributed by atoms with E-state index < -0.39 is 0 Å². The molecular formula is C11H8N4S. The van der Waals surface area contributed by atoms with Crippen LogP contribution < -0.4 is 0 Å². The van der Waals surface area contributed by atoms with E-state index in [0.29, 0.717) is 5.65 Å². The molecule has 16 heavy (non-hydrogen) atoms. The summed E-state index contributed by atoms with van der Waals surface area (Å²) in [5, 5.41) is 0. The first-order valence-corrected chi connectivity index (χ1v) is 5.57. The van der Waals surface area contributed by atoms with E-state index in [1.807, 2.05) is 25.1 Å². The van der Waals surface area contributed by atoms with Crippen LogP contribution in [0.4, 0.5) is 0 Å². The molecule has 0 radical (unpaired) electrons. The lowest BCUT2D eigenvalue weighted by Gasteiger charge is -2.00. The number of rotatable bonds is 1. The minimum Gasteiger partial charge on any atom is -0.256 e. The van der Waals surface area contributed by atoms with Gasteiger partial charge < -0.3 is 0 Å². The molecule has 3 heterocycles. The summed E-state index contributed by atoms with van der Waals surface area (Å²) in [7, 11) is 0. The molecule has 3 rings (SSSR count). The first-order valence-electron chi connectivity index (χ1n) is 4.84. The average molecular weight is 228 g/mol. The first-order chi connectivity index (χ1) is 7.83. The molecule has 0 aliphatic rings. The van der Waals surface area contributed by atoms with Crippen LogP contribution in [0, 0.1) is 6.92 Å². The summed E-state index contributed by atoms with van der Waals surface area (Å²) in [5.74, 6) is 0. The zero-order valence-corrected chi connectivity index (χ0v) is 9.40. The van der Waals surface area contributed by atoms with Crippen LogP contribution in [0.1, 0.15) is 5.56 Å². The third-order valence-corrected chi connectivity index (χ3v) is 2.86. The van der Waals surface area contributed by atoms with Gasteiger partial charge in [-0.2, -0.15) is 8.75 Å². The fraction of sp³-hybridized carbons (Fsp3) is 0.0909. The highest BCUT2D eigenvalue weighted by molar-refractivity contribution is 7.00. The minimum absolute atomic E-state index is 0.696. The van der Waals surface area contributed by atoms with Crippen molar-refractivity contribution in [3.63, 3.8) is 0 Å². The lowest BCUT2D eigenvalue weighted by Crippen LogP contribution is -1.86. The molecule has 0 amide bonds. The maximum atomic E-state index is 4.32. The summed E-state index contributed by atoms with van der Waals surface area (Å²) in [4.78, 5) is 8.56. The van der Waals surface area contributed by atoms with Crippen molar-refractivity contribution in [1.29, 1.82) is 0 Å². The number of hydrogen-bond acceptors (Lipinski definition) is 5. The van der Waals surface area contributed by atoms with E-state index in [9.17, 15) is 0 Å². The summed E-state index contributed by atoms with van der Waals surface area (Å²) >= 11 is 1.18. The molecule has 0 atom stereocenters. The summed E-state index contributed by atoms with van der Waals surface area (Å²) < 4.78 is 8.24. The molecule has 0 fully saturated rings. The van der Waals surface area contributed by atoms with Gasteiger partial charge in [0.1, 0.15) is 5.52 Å². The van der Waals surface area contributed by atoms with E-state index in [1.54, 1.807) is 12.4 Å². The van der Waals surface area contributed by atoms with Gasteiger partial charge in [0.15, 0.2) is 5.65 Å². The predicted octanol–water partition coefficient (Wildman–Crippen LogP) is 2.46. The van der Waals surface area contributed by atoms with Gasteiger partial charge in [-0.1, -0.05) is 0 Å². The monoisotopic (exact) mass is 228 g/mol. The molecule has 0 saturated heterocycles. The second-order valence-corrected chi connectivity index (χ2v) is 4.08. The zero-order valence-electron chi connectivity index (χ0n) is 8.58. The largest absolute Gasteiger partial charge is 0.256 e. The maximum Gasteiger partial charge on any atom is 0.193 e. The van der Waals surface area contributed by atoms with Crippen molar-refractivity contribution in [2.75, 3.05) is 0 Å². The van der Waals surface area contributed by atoms with Crippen LogP contribution in [0.3, 0.4) is 0 Å². The van der Waals surface area contributed by atoms with Crippen molar-refractivity contribution >= 4 is 22.9 Å². The number of aromatic nitrogens is 4. The number of pyridine rings is 2. The van der Waals surface area contributed by atoms with E-state index >= 15 is 0 Å². The van der Waals surface area contributed by atoms with E-state index in [1.165, 1.54) is 17.3 Å². The summed E-state index contributed by atoms with van der Waals surface area (Å²) in [6, 6.07) is 5.97. The van der Waals surface area contributed by atoms with Crippen LogP contribution in [0.15, 0.2) is 30.6 Å².